The lowest BCUT2D eigenvalue weighted by Crippen LogP contribution is -2.14. The van der Waals surface area contributed by atoms with Gasteiger partial charge in [0.2, 0.25) is 0 Å². The van der Waals surface area contributed by atoms with Gasteiger partial charge in [-0.1, -0.05) is 12.1 Å². The summed E-state index contributed by atoms with van der Waals surface area (Å²) in [6, 6.07) is 10.6. The predicted molar refractivity (Wildman–Crippen MR) is 121 cm³/mol. The van der Waals surface area contributed by atoms with Gasteiger partial charge >= 0.3 is 5.97 Å². The average molecular weight is 438 g/mol. The molecule has 7 nitrogen and oxygen atoms in total. The summed E-state index contributed by atoms with van der Waals surface area (Å²) in [5.41, 5.74) is 3.83. The molecule has 0 fully saturated rings. The van der Waals surface area contributed by atoms with E-state index in [2.05, 4.69) is 28.6 Å². The van der Waals surface area contributed by atoms with E-state index in [1.54, 1.807) is 11.4 Å². The molecule has 31 heavy (non-hydrogen) atoms. The molecule has 0 unspecified atom stereocenters. The van der Waals surface area contributed by atoms with Crippen LogP contribution in [0.1, 0.15) is 45.7 Å². The third-order valence-corrected chi connectivity index (χ3v) is 5.98. The topological polar surface area (TPSA) is 101 Å². The summed E-state index contributed by atoms with van der Waals surface area (Å²) >= 11 is 1.39. The number of aromatic carboxylic acids is 1. The summed E-state index contributed by atoms with van der Waals surface area (Å²) in [5, 5.41) is 18.0. The lowest BCUT2D eigenvalue weighted by atomic mass is 10.1. The normalized spacial score (nSPS) is 14.4. The van der Waals surface area contributed by atoms with Crippen LogP contribution in [0.2, 0.25) is 0 Å². The molecule has 1 amide bonds. The molecule has 2 aromatic carbocycles. The maximum absolute atomic E-state index is 12.8. The van der Waals surface area contributed by atoms with E-state index in [0.29, 0.717) is 18.0 Å². The maximum Gasteiger partial charge on any atom is 0.335 e. The number of carboxylic acids is 1. The Morgan fingerprint density at radius 1 is 1.13 bits per heavy atom. The second kappa shape index (κ2) is 9.18. The van der Waals surface area contributed by atoms with Gasteiger partial charge in [0.05, 0.1) is 17.9 Å². The zero-order valence-corrected chi connectivity index (χ0v) is 17.9. The number of hydrogen-bond donors (Lipinski definition) is 3. The highest BCUT2D eigenvalue weighted by atomic mass is 32.1. The van der Waals surface area contributed by atoms with Gasteiger partial charge in [0.15, 0.2) is 0 Å². The summed E-state index contributed by atoms with van der Waals surface area (Å²) in [7, 11) is 0. The Kier molecular flexibility index (Phi) is 6.18. The van der Waals surface area contributed by atoms with Crippen LogP contribution in [0.25, 0.3) is 10.6 Å². The van der Waals surface area contributed by atoms with E-state index in [-0.39, 0.29) is 11.3 Å². The zero-order valence-electron chi connectivity index (χ0n) is 17.1. The third-order valence-electron chi connectivity index (χ3n) is 5.09. The number of aryl methyl sites for hydroxylation is 1. The average Bonchev–Trinajstić information content (AvgIpc) is 3.25. The number of ether oxygens (including phenoxy) is 1. The second-order valence-corrected chi connectivity index (χ2v) is 8.23. The van der Waals surface area contributed by atoms with Gasteiger partial charge in [-0.3, -0.25) is 4.79 Å². The molecule has 8 heteroatoms. The molecular weight excluding hydrogens is 414 g/mol. The number of carboxylic acid groups (broad SMARTS) is 1. The maximum atomic E-state index is 12.8. The van der Waals surface area contributed by atoms with Crippen LogP contribution in [-0.4, -0.2) is 35.1 Å². The Bertz CT molecular complexity index is 1130. The molecule has 1 aliphatic rings. The highest BCUT2D eigenvalue weighted by Crippen LogP contribution is 2.30. The minimum Gasteiger partial charge on any atom is -0.491 e. The lowest BCUT2D eigenvalue weighted by Gasteiger charge is -2.13. The van der Waals surface area contributed by atoms with Crippen LogP contribution in [0.4, 0.5) is 11.4 Å². The van der Waals surface area contributed by atoms with E-state index in [4.69, 9.17) is 4.74 Å². The van der Waals surface area contributed by atoms with Crippen LogP contribution in [0.5, 0.6) is 5.75 Å². The van der Waals surface area contributed by atoms with E-state index in [1.165, 1.54) is 23.5 Å². The summed E-state index contributed by atoms with van der Waals surface area (Å²) in [4.78, 5) is 28.7. The van der Waals surface area contributed by atoms with Crippen LogP contribution < -0.4 is 15.4 Å². The largest absolute Gasteiger partial charge is 0.491 e. The van der Waals surface area contributed by atoms with Crippen molar-refractivity contribution in [1.29, 1.82) is 0 Å². The fraction of sp³-hybridized carbons (Fsp3) is 0.261. The molecule has 0 aliphatic carbocycles. The fourth-order valence-corrected chi connectivity index (χ4v) is 4.14. The first kappa shape index (κ1) is 20.9. The number of amides is 1. The van der Waals surface area contributed by atoms with E-state index in [1.807, 2.05) is 12.1 Å². The summed E-state index contributed by atoms with van der Waals surface area (Å²) < 4.78 is 5.84. The number of hydrogen-bond acceptors (Lipinski definition) is 6. The Hall–Kier alpha value is -3.39. The smallest absolute Gasteiger partial charge is 0.335 e. The van der Waals surface area contributed by atoms with Gasteiger partial charge in [-0.05, 0) is 56.0 Å². The minimum atomic E-state index is -1.07. The van der Waals surface area contributed by atoms with E-state index >= 15 is 0 Å². The van der Waals surface area contributed by atoms with Crippen LogP contribution in [0, 0.1) is 6.92 Å². The first-order valence-corrected chi connectivity index (χ1v) is 11.0. The molecular formula is C23H23N3O4S. The van der Waals surface area contributed by atoms with Crippen molar-refractivity contribution in [2.45, 2.75) is 26.2 Å². The molecule has 160 valence electrons. The second-order valence-electron chi connectivity index (χ2n) is 7.37. The predicted octanol–water partition coefficient (Wildman–Crippen LogP) is 5.04. The van der Waals surface area contributed by atoms with Crippen LogP contribution in [0.3, 0.4) is 0 Å². The standard InChI is InChI=1S/C23H23N3O4S/c1-14-5-6-15-11-17(14)24-9-3-2-4-10-30-20-8-7-16(23(28)29)12-18(20)25-21(27)19-13-31-22(15)26-19/h5-8,11-13,24H,2-4,9-10H2,1H3,(H,25,27)(H,28,29). The molecule has 4 bridgehead atoms. The Balaban J connectivity index is 1.68. The Morgan fingerprint density at radius 3 is 2.84 bits per heavy atom. The monoisotopic (exact) mass is 437 g/mol. The molecule has 0 saturated heterocycles. The number of carbonyl (C=O) groups is 2. The first-order valence-electron chi connectivity index (χ1n) is 10.1. The van der Waals surface area contributed by atoms with E-state index in [0.717, 1.165) is 47.6 Å². The summed E-state index contributed by atoms with van der Waals surface area (Å²) in [5.74, 6) is -1.04. The number of aromatic nitrogens is 1. The highest BCUT2D eigenvalue weighted by molar-refractivity contribution is 7.13. The summed E-state index contributed by atoms with van der Waals surface area (Å²) in [6.07, 6.45) is 2.83. The van der Waals surface area contributed by atoms with Crippen molar-refractivity contribution in [2.24, 2.45) is 0 Å². The first-order chi connectivity index (χ1) is 15.0. The van der Waals surface area contributed by atoms with Crippen molar-refractivity contribution < 1.29 is 19.4 Å². The van der Waals surface area contributed by atoms with Gasteiger partial charge in [0.1, 0.15) is 16.5 Å². The lowest BCUT2D eigenvalue weighted by molar-refractivity contribution is 0.0696. The number of rotatable bonds is 1. The number of nitrogens with zero attached hydrogens (tertiary/aromatic N) is 1. The van der Waals surface area contributed by atoms with Crippen LogP contribution >= 0.6 is 11.3 Å². The molecule has 3 N–H and O–H groups in total. The van der Waals surface area contributed by atoms with Gasteiger partial charge in [0.25, 0.3) is 5.91 Å². The van der Waals surface area contributed by atoms with Gasteiger partial charge in [-0.15, -0.1) is 11.3 Å². The molecule has 0 saturated carbocycles. The van der Waals surface area contributed by atoms with Crippen molar-refractivity contribution >= 4 is 34.6 Å². The minimum absolute atomic E-state index is 0.0748. The molecule has 0 spiro atoms. The van der Waals surface area contributed by atoms with Crippen LogP contribution in [-0.2, 0) is 0 Å². The van der Waals surface area contributed by atoms with Gasteiger partial charge in [-0.2, -0.15) is 0 Å². The van der Waals surface area contributed by atoms with Crippen LogP contribution in [0.15, 0.2) is 41.8 Å². The van der Waals surface area contributed by atoms with Gasteiger partial charge < -0.3 is 20.5 Å². The quantitative estimate of drug-likeness (QED) is 0.493. The van der Waals surface area contributed by atoms with Crippen molar-refractivity contribution in [3.8, 4) is 16.3 Å². The highest BCUT2D eigenvalue weighted by Gasteiger charge is 2.17. The Labute approximate surface area is 184 Å². The molecule has 4 rings (SSSR count). The van der Waals surface area contributed by atoms with Gasteiger partial charge in [-0.25, -0.2) is 9.78 Å². The molecule has 0 radical (unpaired) electrons. The number of fused-ring (bicyclic) bond motifs is 6. The molecule has 1 aliphatic heterocycles. The number of carbonyl (C=O) groups excluding carboxylic acids is 1. The number of nitrogens with one attached hydrogen (secondary N) is 2. The van der Waals surface area contributed by atoms with Crippen molar-refractivity contribution in [2.75, 3.05) is 23.8 Å². The molecule has 3 aromatic rings. The number of anilines is 2. The molecule has 2 heterocycles. The van der Waals surface area contributed by atoms with Crippen molar-refractivity contribution in [3.05, 3.63) is 58.6 Å². The summed E-state index contributed by atoms with van der Waals surface area (Å²) in [6.45, 7) is 3.39. The zero-order chi connectivity index (χ0) is 21.8. The SMILES string of the molecule is Cc1ccc2cc1NCCCCCOc1ccc(C(=O)O)cc1NC(=O)c1csc-2n1. The van der Waals surface area contributed by atoms with E-state index < -0.39 is 11.9 Å². The number of thiazole rings is 1. The van der Waals surface area contributed by atoms with Crippen molar-refractivity contribution in [1.82, 2.24) is 4.98 Å². The van der Waals surface area contributed by atoms with Crippen molar-refractivity contribution in [3.63, 3.8) is 0 Å². The molecule has 1 aromatic heterocycles. The van der Waals surface area contributed by atoms with Gasteiger partial charge in [0, 0.05) is 23.2 Å². The third kappa shape index (κ3) is 4.86. The Morgan fingerprint density at radius 2 is 2.00 bits per heavy atom. The molecule has 0 atom stereocenters. The fourth-order valence-electron chi connectivity index (χ4n) is 3.34. The van der Waals surface area contributed by atoms with E-state index in [9.17, 15) is 14.7 Å². The number of benzene rings is 2.